The number of amides is 3. The zero-order valence-electron chi connectivity index (χ0n) is 15.4. The second-order valence-electron chi connectivity index (χ2n) is 6.33. The molecule has 2 aromatic rings. The Hall–Kier alpha value is -2.81. The molecule has 3 amide bonds. The lowest BCUT2D eigenvalue weighted by atomic mass is 10.0. The van der Waals surface area contributed by atoms with Gasteiger partial charge in [0, 0.05) is 30.5 Å². The summed E-state index contributed by atoms with van der Waals surface area (Å²) in [6.07, 6.45) is 0. The van der Waals surface area contributed by atoms with Gasteiger partial charge in [-0.2, -0.15) is 0 Å². The number of nitrogens with zero attached hydrogens (tertiary/aromatic N) is 1. The van der Waals surface area contributed by atoms with Crippen molar-refractivity contribution in [2.75, 3.05) is 10.6 Å². The lowest BCUT2D eigenvalue weighted by Gasteiger charge is -2.20. The van der Waals surface area contributed by atoms with Crippen molar-refractivity contribution in [2.45, 2.75) is 33.7 Å². The van der Waals surface area contributed by atoms with E-state index in [2.05, 4.69) is 20.9 Å². The van der Waals surface area contributed by atoms with Crippen LogP contribution in [0.15, 0.2) is 23.6 Å². The van der Waals surface area contributed by atoms with E-state index in [0.29, 0.717) is 16.5 Å². The molecule has 0 radical (unpaired) electrons. The highest BCUT2D eigenvalue weighted by molar-refractivity contribution is 7.14. The Morgan fingerprint density at radius 1 is 1.11 bits per heavy atom. The summed E-state index contributed by atoms with van der Waals surface area (Å²) in [6.45, 7) is 6.32. The van der Waals surface area contributed by atoms with Gasteiger partial charge in [-0.1, -0.05) is 13.8 Å². The van der Waals surface area contributed by atoms with Gasteiger partial charge >= 0.3 is 0 Å². The Morgan fingerprint density at radius 2 is 1.81 bits per heavy atom. The molecule has 27 heavy (non-hydrogen) atoms. The molecule has 9 heteroatoms. The summed E-state index contributed by atoms with van der Waals surface area (Å²) < 4.78 is 14.3. The maximum Gasteiger partial charge on any atom is 0.248 e. The predicted molar refractivity (Wildman–Crippen MR) is 103 cm³/mol. The molecule has 1 unspecified atom stereocenters. The number of anilines is 2. The van der Waals surface area contributed by atoms with Crippen molar-refractivity contribution in [1.29, 1.82) is 0 Å². The minimum absolute atomic E-state index is 0.105. The third-order valence-corrected chi connectivity index (χ3v) is 4.37. The Labute approximate surface area is 160 Å². The van der Waals surface area contributed by atoms with E-state index in [-0.39, 0.29) is 29.2 Å². The van der Waals surface area contributed by atoms with Crippen molar-refractivity contribution in [2.24, 2.45) is 5.92 Å². The van der Waals surface area contributed by atoms with Crippen molar-refractivity contribution in [1.82, 2.24) is 10.3 Å². The van der Waals surface area contributed by atoms with Crippen molar-refractivity contribution in [3.8, 4) is 11.3 Å². The molecule has 0 fully saturated rings. The molecule has 0 spiro atoms. The number of aromatic nitrogens is 1. The van der Waals surface area contributed by atoms with Crippen LogP contribution in [0.25, 0.3) is 11.3 Å². The second-order valence-corrected chi connectivity index (χ2v) is 7.18. The van der Waals surface area contributed by atoms with Gasteiger partial charge in [-0.3, -0.25) is 14.4 Å². The summed E-state index contributed by atoms with van der Waals surface area (Å²) in [5.74, 6) is -1.62. The molecular weight excluding hydrogens is 371 g/mol. The minimum Gasteiger partial charge on any atom is -0.344 e. The first kappa shape index (κ1) is 20.5. The Balaban J connectivity index is 2.15. The number of nitrogens with one attached hydrogen (secondary N) is 3. The fourth-order valence-corrected chi connectivity index (χ4v) is 3.11. The first-order valence-corrected chi connectivity index (χ1v) is 9.16. The Morgan fingerprint density at radius 3 is 2.37 bits per heavy atom. The molecule has 0 bridgehead atoms. The van der Waals surface area contributed by atoms with Gasteiger partial charge in [-0.05, 0) is 24.1 Å². The number of rotatable bonds is 6. The van der Waals surface area contributed by atoms with Crippen LogP contribution < -0.4 is 16.0 Å². The van der Waals surface area contributed by atoms with Crippen molar-refractivity contribution in [3.05, 3.63) is 29.4 Å². The van der Waals surface area contributed by atoms with E-state index in [0.717, 1.165) is 11.3 Å². The van der Waals surface area contributed by atoms with Gasteiger partial charge in [0.2, 0.25) is 17.7 Å². The predicted octanol–water partition coefficient (Wildman–Crippen LogP) is 3.01. The summed E-state index contributed by atoms with van der Waals surface area (Å²) in [5.41, 5.74) is 0.966. The Bertz CT molecular complexity index is 866. The van der Waals surface area contributed by atoms with Gasteiger partial charge in [0.1, 0.15) is 11.9 Å². The first-order valence-electron chi connectivity index (χ1n) is 8.28. The van der Waals surface area contributed by atoms with E-state index in [9.17, 15) is 18.8 Å². The normalized spacial score (nSPS) is 11.8. The fourth-order valence-electron chi connectivity index (χ4n) is 2.40. The molecule has 1 heterocycles. The standard InChI is InChI=1S/C18H21FN4O3S/c1-9(2)16(21-11(4)25)17(26)23-18-22-15(8-27-18)13-6-5-12(7-14(13)19)20-10(3)24/h5-9,16H,1-4H3,(H,20,24)(H,21,25)(H,22,23,26). The van der Waals surface area contributed by atoms with Crippen LogP contribution in [0.4, 0.5) is 15.2 Å². The Kier molecular flexibility index (Phi) is 6.62. The number of benzene rings is 1. The SMILES string of the molecule is CC(=O)Nc1ccc(-c2csc(NC(=O)C(NC(C)=O)C(C)C)n2)c(F)c1. The van der Waals surface area contributed by atoms with Gasteiger partial charge in [0.15, 0.2) is 5.13 Å². The van der Waals surface area contributed by atoms with Gasteiger partial charge in [-0.25, -0.2) is 9.37 Å². The van der Waals surface area contributed by atoms with Gasteiger partial charge in [0.05, 0.1) is 5.69 Å². The number of hydrogen-bond acceptors (Lipinski definition) is 5. The third-order valence-electron chi connectivity index (χ3n) is 3.61. The number of halogens is 1. The van der Waals surface area contributed by atoms with Gasteiger partial charge in [0.25, 0.3) is 0 Å². The lowest BCUT2D eigenvalue weighted by Crippen LogP contribution is -2.46. The van der Waals surface area contributed by atoms with Gasteiger partial charge < -0.3 is 16.0 Å². The quantitative estimate of drug-likeness (QED) is 0.703. The highest BCUT2D eigenvalue weighted by atomic mass is 32.1. The molecule has 0 aliphatic heterocycles. The molecule has 0 aliphatic rings. The van der Waals surface area contributed by atoms with E-state index in [4.69, 9.17) is 0 Å². The lowest BCUT2D eigenvalue weighted by molar-refractivity contribution is -0.126. The van der Waals surface area contributed by atoms with Crippen LogP contribution in [-0.2, 0) is 14.4 Å². The molecular formula is C18H21FN4O3S. The maximum absolute atomic E-state index is 14.3. The van der Waals surface area contributed by atoms with Crippen LogP contribution in [0.3, 0.4) is 0 Å². The van der Waals surface area contributed by atoms with Crippen LogP contribution >= 0.6 is 11.3 Å². The highest BCUT2D eigenvalue weighted by Gasteiger charge is 2.24. The fraction of sp³-hybridized carbons (Fsp3) is 0.333. The van der Waals surface area contributed by atoms with Crippen LogP contribution in [-0.4, -0.2) is 28.7 Å². The number of carbonyl (C=O) groups is 3. The van der Waals surface area contributed by atoms with Crippen LogP contribution in [0.5, 0.6) is 0 Å². The zero-order valence-corrected chi connectivity index (χ0v) is 16.2. The summed E-state index contributed by atoms with van der Waals surface area (Å²) in [4.78, 5) is 38.9. The first-order chi connectivity index (χ1) is 12.7. The molecule has 0 aliphatic carbocycles. The van der Waals surface area contributed by atoms with Crippen LogP contribution in [0, 0.1) is 11.7 Å². The molecule has 3 N–H and O–H groups in total. The average molecular weight is 392 g/mol. The largest absolute Gasteiger partial charge is 0.344 e. The molecule has 144 valence electrons. The monoisotopic (exact) mass is 392 g/mol. The molecule has 2 rings (SSSR count). The summed E-state index contributed by atoms with van der Waals surface area (Å²) in [7, 11) is 0. The smallest absolute Gasteiger partial charge is 0.248 e. The summed E-state index contributed by atoms with van der Waals surface area (Å²) in [5, 5.41) is 9.68. The topological polar surface area (TPSA) is 100 Å². The van der Waals surface area contributed by atoms with Crippen molar-refractivity contribution >= 4 is 39.9 Å². The van der Waals surface area contributed by atoms with Gasteiger partial charge in [-0.15, -0.1) is 11.3 Å². The molecule has 0 saturated carbocycles. The van der Waals surface area contributed by atoms with E-state index >= 15 is 0 Å². The number of carbonyl (C=O) groups excluding carboxylic acids is 3. The van der Waals surface area contributed by atoms with E-state index in [1.165, 1.54) is 26.0 Å². The zero-order chi connectivity index (χ0) is 20.1. The third kappa shape index (κ3) is 5.58. The number of hydrogen-bond donors (Lipinski definition) is 3. The summed E-state index contributed by atoms with van der Waals surface area (Å²) >= 11 is 1.15. The van der Waals surface area contributed by atoms with Crippen LogP contribution in [0.2, 0.25) is 0 Å². The van der Waals surface area contributed by atoms with E-state index in [1.54, 1.807) is 11.4 Å². The molecule has 1 atom stereocenters. The summed E-state index contributed by atoms with van der Waals surface area (Å²) in [6, 6.07) is 3.60. The highest BCUT2D eigenvalue weighted by Crippen LogP contribution is 2.28. The van der Waals surface area contributed by atoms with Crippen molar-refractivity contribution < 1.29 is 18.8 Å². The number of thiazole rings is 1. The van der Waals surface area contributed by atoms with E-state index < -0.39 is 11.9 Å². The molecule has 1 aromatic heterocycles. The molecule has 7 nitrogen and oxygen atoms in total. The van der Waals surface area contributed by atoms with Crippen molar-refractivity contribution in [3.63, 3.8) is 0 Å². The average Bonchev–Trinajstić information content (AvgIpc) is 2.99. The minimum atomic E-state index is -0.691. The molecule has 0 saturated heterocycles. The van der Waals surface area contributed by atoms with Crippen LogP contribution in [0.1, 0.15) is 27.7 Å². The second kappa shape index (κ2) is 8.72. The maximum atomic E-state index is 14.3. The molecule has 1 aromatic carbocycles. The van der Waals surface area contributed by atoms with E-state index in [1.807, 2.05) is 13.8 Å².